The highest BCUT2D eigenvalue weighted by atomic mass is 35.5. The van der Waals surface area contributed by atoms with Gasteiger partial charge >= 0.3 is 5.97 Å². The lowest BCUT2D eigenvalue weighted by Gasteiger charge is -2.11. The molecule has 1 aromatic carbocycles. The second-order valence-corrected chi connectivity index (χ2v) is 4.42. The van der Waals surface area contributed by atoms with Crippen molar-refractivity contribution in [1.29, 1.82) is 0 Å². The van der Waals surface area contributed by atoms with Gasteiger partial charge in [-0.15, -0.1) is 0 Å². The van der Waals surface area contributed by atoms with Gasteiger partial charge in [0, 0.05) is 12.6 Å². The van der Waals surface area contributed by atoms with Crippen LogP contribution in [0.2, 0.25) is 5.02 Å². The quantitative estimate of drug-likeness (QED) is 0.454. The number of benzene rings is 1. The number of aromatic carboxylic acids is 1. The Hall–Kier alpha value is -1.82. The molecule has 0 amide bonds. The number of nitrogens with zero attached hydrogens (tertiary/aromatic N) is 1. The highest BCUT2D eigenvalue weighted by Gasteiger charge is 2.24. The van der Waals surface area contributed by atoms with Gasteiger partial charge < -0.3 is 10.4 Å². The van der Waals surface area contributed by atoms with Crippen molar-refractivity contribution in [2.24, 2.45) is 0 Å². The van der Waals surface area contributed by atoms with Crippen LogP contribution in [0.1, 0.15) is 36.5 Å². The summed E-state index contributed by atoms with van der Waals surface area (Å²) in [5, 5.41) is 22.8. The smallest absolute Gasteiger partial charge is 0.339 e. The molecule has 0 unspecified atom stereocenters. The van der Waals surface area contributed by atoms with Crippen molar-refractivity contribution in [3.8, 4) is 0 Å². The van der Waals surface area contributed by atoms with Crippen LogP contribution in [0.15, 0.2) is 12.1 Å². The Balaban J connectivity index is 3.11. The van der Waals surface area contributed by atoms with Crippen LogP contribution in [-0.2, 0) is 0 Å². The first-order valence-corrected chi connectivity index (χ1v) is 6.30. The highest BCUT2D eigenvalue weighted by Crippen LogP contribution is 2.33. The average Bonchev–Trinajstić information content (AvgIpc) is 2.33. The van der Waals surface area contributed by atoms with Crippen molar-refractivity contribution in [2.45, 2.75) is 26.2 Å². The number of nitrogens with one attached hydrogen (secondary N) is 1. The van der Waals surface area contributed by atoms with Gasteiger partial charge in [0.15, 0.2) is 0 Å². The van der Waals surface area contributed by atoms with Crippen LogP contribution < -0.4 is 5.32 Å². The molecule has 0 saturated carbocycles. The summed E-state index contributed by atoms with van der Waals surface area (Å²) in [6, 6.07) is 2.43. The second kappa shape index (κ2) is 6.94. The third kappa shape index (κ3) is 3.82. The van der Waals surface area contributed by atoms with E-state index in [9.17, 15) is 14.9 Å². The Labute approximate surface area is 115 Å². The summed E-state index contributed by atoms with van der Waals surface area (Å²) in [7, 11) is 0. The highest BCUT2D eigenvalue weighted by molar-refractivity contribution is 6.34. The number of hydrogen-bond donors (Lipinski definition) is 2. The summed E-state index contributed by atoms with van der Waals surface area (Å²) in [5.41, 5.74) is -0.563. The average molecular weight is 287 g/mol. The van der Waals surface area contributed by atoms with Gasteiger partial charge in [-0.1, -0.05) is 31.4 Å². The van der Waals surface area contributed by atoms with Crippen LogP contribution in [-0.4, -0.2) is 22.5 Å². The molecule has 0 heterocycles. The third-order valence-corrected chi connectivity index (χ3v) is 2.94. The van der Waals surface area contributed by atoms with E-state index in [0.717, 1.165) is 19.3 Å². The van der Waals surface area contributed by atoms with Crippen molar-refractivity contribution in [1.82, 2.24) is 0 Å². The standard InChI is InChI=1S/C12H15ClN2O4/c1-2-3-4-7-14-11-9(15(18)19)6-5-8(13)10(11)12(16)17/h5-6,14H,2-4,7H2,1H3,(H,16,17). The van der Waals surface area contributed by atoms with Gasteiger partial charge in [0.25, 0.3) is 5.69 Å². The Morgan fingerprint density at radius 1 is 1.47 bits per heavy atom. The minimum atomic E-state index is -1.29. The largest absolute Gasteiger partial charge is 0.478 e. The van der Waals surface area contributed by atoms with Crippen molar-refractivity contribution < 1.29 is 14.8 Å². The van der Waals surface area contributed by atoms with Gasteiger partial charge in [-0.25, -0.2) is 4.79 Å². The first kappa shape index (κ1) is 15.2. The molecule has 0 aromatic heterocycles. The first-order chi connectivity index (χ1) is 8.99. The maximum absolute atomic E-state index is 11.2. The van der Waals surface area contributed by atoms with Gasteiger partial charge in [0.1, 0.15) is 11.3 Å². The number of nitro benzene ring substituents is 1. The van der Waals surface area contributed by atoms with E-state index in [4.69, 9.17) is 16.7 Å². The molecule has 0 aliphatic heterocycles. The SMILES string of the molecule is CCCCCNc1c([N+](=O)[O-])ccc(Cl)c1C(=O)O. The Kier molecular flexibility index (Phi) is 5.57. The molecule has 0 bridgehead atoms. The molecule has 1 aromatic rings. The lowest BCUT2D eigenvalue weighted by molar-refractivity contribution is -0.384. The molecule has 0 atom stereocenters. The zero-order valence-corrected chi connectivity index (χ0v) is 11.2. The maximum atomic E-state index is 11.2. The van der Waals surface area contributed by atoms with Gasteiger partial charge in [-0.3, -0.25) is 10.1 Å². The lowest BCUT2D eigenvalue weighted by Crippen LogP contribution is -2.10. The number of unbranched alkanes of at least 4 members (excludes halogenated alkanes) is 2. The number of carboxylic acid groups (broad SMARTS) is 1. The molecule has 0 fully saturated rings. The summed E-state index contributed by atoms with van der Waals surface area (Å²) in [6.45, 7) is 2.50. The molecular formula is C12H15ClN2O4. The van der Waals surface area contributed by atoms with Crippen LogP contribution >= 0.6 is 11.6 Å². The van der Waals surface area contributed by atoms with Gasteiger partial charge in [-0.05, 0) is 12.5 Å². The Morgan fingerprint density at radius 2 is 2.16 bits per heavy atom. The van der Waals surface area contributed by atoms with Crippen LogP contribution in [0.25, 0.3) is 0 Å². The van der Waals surface area contributed by atoms with Crippen LogP contribution in [0.5, 0.6) is 0 Å². The molecule has 0 radical (unpaired) electrons. The molecule has 1 rings (SSSR count). The second-order valence-electron chi connectivity index (χ2n) is 4.01. The molecule has 6 nitrogen and oxygen atoms in total. The summed E-state index contributed by atoms with van der Waals surface area (Å²) < 4.78 is 0. The molecule has 2 N–H and O–H groups in total. The molecule has 0 spiro atoms. The number of carboxylic acids is 1. The normalized spacial score (nSPS) is 10.2. The number of rotatable bonds is 7. The predicted molar refractivity (Wildman–Crippen MR) is 73.1 cm³/mol. The molecule has 0 aliphatic rings. The number of anilines is 1. The summed E-state index contributed by atoms with van der Waals surface area (Å²) in [6.07, 6.45) is 2.77. The fraction of sp³-hybridized carbons (Fsp3) is 0.417. The molecule has 19 heavy (non-hydrogen) atoms. The van der Waals surface area contributed by atoms with Crippen LogP contribution in [0, 0.1) is 10.1 Å². The van der Waals surface area contributed by atoms with E-state index in [0.29, 0.717) is 6.54 Å². The molecule has 0 saturated heterocycles. The third-order valence-electron chi connectivity index (χ3n) is 2.63. The summed E-state index contributed by atoms with van der Waals surface area (Å²) in [5.74, 6) is -1.29. The van der Waals surface area contributed by atoms with Crippen molar-refractivity contribution in [3.05, 3.63) is 32.8 Å². The van der Waals surface area contributed by atoms with Crippen molar-refractivity contribution in [2.75, 3.05) is 11.9 Å². The molecule has 7 heteroatoms. The van der Waals surface area contributed by atoms with Gasteiger partial charge in [0.2, 0.25) is 0 Å². The minimum absolute atomic E-state index is 0.0175. The topological polar surface area (TPSA) is 92.5 Å². The van der Waals surface area contributed by atoms with E-state index in [1.54, 1.807) is 0 Å². The number of nitro groups is 1. The van der Waals surface area contributed by atoms with E-state index < -0.39 is 10.9 Å². The van der Waals surface area contributed by atoms with Crippen LogP contribution in [0.4, 0.5) is 11.4 Å². The van der Waals surface area contributed by atoms with Crippen molar-refractivity contribution >= 4 is 28.9 Å². The van der Waals surface area contributed by atoms with Gasteiger partial charge in [-0.2, -0.15) is 0 Å². The first-order valence-electron chi connectivity index (χ1n) is 5.93. The summed E-state index contributed by atoms with van der Waals surface area (Å²) in [4.78, 5) is 21.5. The van der Waals surface area contributed by atoms with E-state index in [1.165, 1.54) is 12.1 Å². The molecule has 104 valence electrons. The van der Waals surface area contributed by atoms with E-state index in [1.807, 2.05) is 6.92 Å². The van der Waals surface area contributed by atoms with Crippen molar-refractivity contribution in [3.63, 3.8) is 0 Å². The zero-order chi connectivity index (χ0) is 14.4. The summed E-state index contributed by atoms with van der Waals surface area (Å²) >= 11 is 5.80. The van der Waals surface area contributed by atoms with Crippen LogP contribution in [0.3, 0.4) is 0 Å². The monoisotopic (exact) mass is 286 g/mol. The van der Waals surface area contributed by atoms with E-state index in [-0.39, 0.29) is 22.0 Å². The Bertz CT molecular complexity index is 491. The number of halogens is 1. The Morgan fingerprint density at radius 3 is 2.68 bits per heavy atom. The van der Waals surface area contributed by atoms with E-state index >= 15 is 0 Å². The number of carbonyl (C=O) groups is 1. The predicted octanol–water partition coefficient (Wildman–Crippen LogP) is 3.55. The van der Waals surface area contributed by atoms with Gasteiger partial charge in [0.05, 0.1) is 9.95 Å². The zero-order valence-electron chi connectivity index (χ0n) is 10.5. The van der Waals surface area contributed by atoms with E-state index in [2.05, 4.69) is 5.32 Å². The fourth-order valence-electron chi connectivity index (χ4n) is 1.69. The maximum Gasteiger partial charge on any atom is 0.339 e. The molecular weight excluding hydrogens is 272 g/mol. The number of hydrogen-bond acceptors (Lipinski definition) is 4. The lowest BCUT2D eigenvalue weighted by atomic mass is 10.1. The minimum Gasteiger partial charge on any atom is -0.478 e. The fourth-order valence-corrected chi connectivity index (χ4v) is 1.93. The molecule has 0 aliphatic carbocycles.